The SMILES string of the molecule is O=C(CO)N1CCN(Cc2cccc(Br)c2)CC1. The zero-order valence-electron chi connectivity index (χ0n) is 10.2. The highest BCUT2D eigenvalue weighted by Gasteiger charge is 2.20. The molecule has 98 valence electrons. The zero-order chi connectivity index (χ0) is 13.0. The number of hydrogen-bond donors (Lipinski definition) is 1. The minimum Gasteiger partial charge on any atom is -0.387 e. The topological polar surface area (TPSA) is 43.8 Å². The van der Waals surface area contributed by atoms with Crippen molar-refractivity contribution in [2.75, 3.05) is 32.8 Å². The first-order chi connectivity index (χ1) is 8.69. The molecule has 1 N–H and O–H groups in total. The van der Waals surface area contributed by atoms with E-state index in [0.29, 0.717) is 13.1 Å². The van der Waals surface area contributed by atoms with Crippen LogP contribution < -0.4 is 0 Å². The second-order valence-electron chi connectivity index (χ2n) is 4.44. The molecule has 1 fully saturated rings. The standard InChI is InChI=1S/C13H17BrN2O2/c14-12-3-1-2-11(8-12)9-15-4-6-16(7-5-15)13(18)10-17/h1-3,8,17H,4-7,9-10H2. The molecule has 0 unspecified atom stereocenters. The van der Waals surface area contributed by atoms with E-state index in [1.54, 1.807) is 4.90 Å². The van der Waals surface area contributed by atoms with Crippen LogP contribution in [0.15, 0.2) is 28.7 Å². The molecule has 4 nitrogen and oxygen atoms in total. The molecule has 0 bridgehead atoms. The molecule has 0 aliphatic carbocycles. The second kappa shape index (κ2) is 6.31. The quantitative estimate of drug-likeness (QED) is 0.908. The van der Waals surface area contributed by atoms with E-state index in [4.69, 9.17) is 5.11 Å². The van der Waals surface area contributed by atoms with Gasteiger partial charge < -0.3 is 10.0 Å². The molecular weight excluding hydrogens is 296 g/mol. The molecule has 0 saturated carbocycles. The Morgan fingerprint density at radius 1 is 1.28 bits per heavy atom. The van der Waals surface area contributed by atoms with Crippen LogP contribution in [0.5, 0.6) is 0 Å². The Morgan fingerprint density at radius 3 is 2.61 bits per heavy atom. The van der Waals surface area contributed by atoms with Crippen LogP contribution >= 0.6 is 15.9 Å². The monoisotopic (exact) mass is 312 g/mol. The van der Waals surface area contributed by atoms with Gasteiger partial charge in [0.05, 0.1) is 0 Å². The lowest BCUT2D eigenvalue weighted by molar-refractivity contribution is -0.135. The maximum Gasteiger partial charge on any atom is 0.248 e. The van der Waals surface area contributed by atoms with E-state index in [1.165, 1.54) is 5.56 Å². The van der Waals surface area contributed by atoms with Crippen molar-refractivity contribution in [3.05, 3.63) is 34.3 Å². The average molecular weight is 313 g/mol. The summed E-state index contributed by atoms with van der Waals surface area (Å²) in [6, 6.07) is 8.27. The molecule has 0 radical (unpaired) electrons. The Kier molecular flexibility index (Phi) is 4.74. The van der Waals surface area contributed by atoms with Gasteiger partial charge in [-0.2, -0.15) is 0 Å². The molecule has 0 aromatic heterocycles. The molecule has 0 spiro atoms. The van der Waals surface area contributed by atoms with Gasteiger partial charge in [-0.1, -0.05) is 28.1 Å². The summed E-state index contributed by atoms with van der Waals surface area (Å²) in [5.74, 6) is -0.169. The van der Waals surface area contributed by atoms with Gasteiger partial charge >= 0.3 is 0 Å². The van der Waals surface area contributed by atoms with Gasteiger partial charge in [-0.3, -0.25) is 9.69 Å². The smallest absolute Gasteiger partial charge is 0.248 e. The van der Waals surface area contributed by atoms with Crippen molar-refractivity contribution < 1.29 is 9.90 Å². The average Bonchev–Trinajstić information content (AvgIpc) is 2.39. The maximum absolute atomic E-state index is 11.3. The number of amides is 1. The minimum absolute atomic E-state index is 0.169. The fourth-order valence-electron chi connectivity index (χ4n) is 2.15. The van der Waals surface area contributed by atoms with Gasteiger partial charge in [-0.05, 0) is 17.7 Å². The van der Waals surface area contributed by atoms with E-state index in [0.717, 1.165) is 24.1 Å². The normalized spacial score (nSPS) is 16.9. The Labute approximate surface area is 115 Å². The third kappa shape index (κ3) is 3.54. The number of nitrogens with zero attached hydrogens (tertiary/aromatic N) is 2. The predicted molar refractivity (Wildman–Crippen MR) is 73.1 cm³/mol. The first-order valence-electron chi connectivity index (χ1n) is 6.04. The molecule has 1 aliphatic rings. The number of rotatable bonds is 3. The van der Waals surface area contributed by atoms with Crippen LogP contribution in [0.2, 0.25) is 0 Å². The Bertz CT molecular complexity index is 417. The lowest BCUT2D eigenvalue weighted by Crippen LogP contribution is -2.49. The second-order valence-corrected chi connectivity index (χ2v) is 5.36. The summed E-state index contributed by atoms with van der Waals surface area (Å²) in [5, 5.41) is 8.81. The Balaban J connectivity index is 1.85. The summed E-state index contributed by atoms with van der Waals surface area (Å²) < 4.78 is 1.09. The lowest BCUT2D eigenvalue weighted by Gasteiger charge is -2.34. The molecule has 1 amide bonds. The van der Waals surface area contributed by atoms with Crippen molar-refractivity contribution >= 4 is 21.8 Å². The van der Waals surface area contributed by atoms with Crippen molar-refractivity contribution in [3.8, 4) is 0 Å². The number of aliphatic hydroxyl groups is 1. The van der Waals surface area contributed by atoms with Gasteiger partial charge in [0, 0.05) is 37.2 Å². The van der Waals surface area contributed by atoms with Crippen LogP contribution in [-0.2, 0) is 11.3 Å². The first kappa shape index (κ1) is 13.5. The van der Waals surface area contributed by atoms with Crippen molar-refractivity contribution in [1.29, 1.82) is 0 Å². The summed E-state index contributed by atoms with van der Waals surface area (Å²) in [6.07, 6.45) is 0. The number of aliphatic hydroxyl groups excluding tert-OH is 1. The van der Waals surface area contributed by atoms with Gasteiger partial charge in [0.25, 0.3) is 0 Å². The fourth-order valence-corrected chi connectivity index (χ4v) is 2.60. The summed E-state index contributed by atoms with van der Waals surface area (Å²) in [6.45, 7) is 3.64. The van der Waals surface area contributed by atoms with E-state index < -0.39 is 0 Å². The zero-order valence-corrected chi connectivity index (χ0v) is 11.8. The van der Waals surface area contributed by atoms with Gasteiger partial charge in [0.15, 0.2) is 0 Å². The largest absolute Gasteiger partial charge is 0.387 e. The highest BCUT2D eigenvalue weighted by Crippen LogP contribution is 2.14. The van der Waals surface area contributed by atoms with Crippen LogP contribution in [-0.4, -0.2) is 53.6 Å². The molecule has 18 heavy (non-hydrogen) atoms. The van der Waals surface area contributed by atoms with E-state index in [1.807, 2.05) is 12.1 Å². The number of piperazine rings is 1. The van der Waals surface area contributed by atoms with Crippen molar-refractivity contribution in [2.24, 2.45) is 0 Å². The van der Waals surface area contributed by atoms with Crippen molar-refractivity contribution in [1.82, 2.24) is 9.80 Å². The number of carbonyl (C=O) groups excluding carboxylic acids is 1. The van der Waals surface area contributed by atoms with Crippen molar-refractivity contribution in [3.63, 3.8) is 0 Å². The van der Waals surface area contributed by atoms with Gasteiger partial charge in [0.2, 0.25) is 5.91 Å². The van der Waals surface area contributed by atoms with Crippen LogP contribution in [0.4, 0.5) is 0 Å². The molecule has 1 aromatic carbocycles. The molecule has 1 saturated heterocycles. The summed E-state index contributed by atoms with van der Waals surface area (Å²) in [5.41, 5.74) is 1.27. The van der Waals surface area contributed by atoms with Gasteiger partial charge in [-0.25, -0.2) is 0 Å². The molecule has 5 heteroatoms. The molecule has 0 atom stereocenters. The van der Waals surface area contributed by atoms with Gasteiger partial charge in [0.1, 0.15) is 6.61 Å². The van der Waals surface area contributed by atoms with Crippen LogP contribution in [0.3, 0.4) is 0 Å². The maximum atomic E-state index is 11.3. The van der Waals surface area contributed by atoms with Crippen LogP contribution in [0.1, 0.15) is 5.56 Å². The summed E-state index contributed by atoms with van der Waals surface area (Å²) >= 11 is 3.47. The Hall–Kier alpha value is -0.910. The third-order valence-electron chi connectivity index (χ3n) is 3.16. The summed E-state index contributed by atoms with van der Waals surface area (Å²) in [4.78, 5) is 15.4. The van der Waals surface area contributed by atoms with Crippen LogP contribution in [0.25, 0.3) is 0 Å². The first-order valence-corrected chi connectivity index (χ1v) is 6.84. The number of benzene rings is 1. The number of carbonyl (C=O) groups is 1. The third-order valence-corrected chi connectivity index (χ3v) is 3.65. The van der Waals surface area contributed by atoms with E-state index in [2.05, 4.69) is 33.0 Å². The highest BCUT2D eigenvalue weighted by atomic mass is 79.9. The van der Waals surface area contributed by atoms with Crippen molar-refractivity contribution in [2.45, 2.75) is 6.54 Å². The van der Waals surface area contributed by atoms with Gasteiger partial charge in [-0.15, -0.1) is 0 Å². The minimum atomic E-state index is -0.383. The highest BCUT2D eigenvalue weighted by molar-refractivity contribution is 9.10. The lowest BCUT2D eigenvalue weighted by atomic mass is 10.2. The Morgan fingerprint density at radius 2 is 2.00 bits per heavy atom. The van der Waals surface area contributed by atoms with E-state index in [9.17, 15) is 4.79 Å². The van der Waals surface area contributed by atoms with Crippen LogP contribution in [0, 0.1) is 0 Å². The molecule has 1 aliphatic heterocycles. The van der Waals surface area contributed by atoms with E-state index >= 15 is 0 Å². The molecule has 1 aromatic rings. The molecular formula is C13H17BrN2O2. The number of halogens is 1. The van der Waals surface area contributed by atoms with E-state index in [-0.39, 0.29) is 12.5 Å². The molecule has 2 rings (SSSR count). The predicted octanol–water partition coefficient (Wildman–Crippen LogP) is 1.09. The summed E-state index contributed by atoms with van der Waals surface area (Å²) in [7, 11) is 0. The fraction of sp³-hybridized carbons (Fsp3) is 0.462. The molecule has 1 heterocycles. The number of hydrogen-bond acceptors (Lipinski definition) is 3.